The average molecular weight is 479 g/mol. The summed E-state index contributed by atoms with van der Waals surface area (Å²) in [5.74, 6) is 2.32. The van der Waals surface area contributed by atoms with Crippen LogP contribution in [0.15, 0.2) is 23.3 Å². The van der Waals surface area contributed by atoms with E-state index >= 15 is 0 Å². The summed E-state index contributed by atoms with van der Waals surface area (Å²) in [6, 6.07) is 0. The fourth-order valence-electron chi connectivity index (χ4n) is 7.26. The molecule has 3 fully saturated rings. The van der Waals surface area contributed by atoms with Crippen molar-refractivity contribution in [1.29, 1.82) is 0 Å². The lowest BCUT2D eigenvalue weighted by Crippen LogP contribution is -2.41. The van der Waals surface area contributed by atoms with Crippen molar-refractivity contribution in [2.45, 2.75) is 110 Å². The summed E-state index contributed by atoms with van der Waals surface area (Å²) in [4.78, 5) is 10.7. The van der Waals surface area contributed by atoms with Crippen molar-refractivity contribution >= 4 is 16.8 Å². The molecule has 3 rings (SSSR count). The van der Waals surface area contributed by atoms with E-state index < -0.39 is 8.32 Å². The number of rotatable bonds is 7. The molecule has 0 spiro atoms. The number of allylic oxidation sites excluding steroid dienone is 3. The largest absolute Gasteiger partial charge is 0.432 e. The molecule has 0 saturated heterocycles. The van der Waals surface area contributed by atoms with Crippen LogP contribution in [0.2, 0.25) is 18.1 Å². The molecule has 6 atom stereocenters. The second-order valence-corrected chi connectivity index (χ2v) is 17.9. The zero-order valence-electron chi connectivity index (χ0n) is 21.4. The van der Waals surface area contributed by atoms with E-state index in [9.17, 15) is 14.5 Å². The molecule has 0 heterocycles. The maximum Gasteiger partial charge on any atom is 0.188 e. The third-order valence-corrected chi connectivity index (χ3v) is 14.0. The fourth-order valence-corrected chi connectivity index (χ4v) is 8.53. The molecule has 0 bridgehead atoms. The Morgan fingerprint density at radius 3 is 2.62 bits per heavy atom. The van der Waals surface area contributed by atoms with Crippen molar-refractivity contribution in [3.05, 3.63) is 23.3 Å². The van der Waals surface area contributed by atoms with Gasteiger partial charge in [-0.05, 0) is 105 Å². The molecule has 182 valence electrons. The van der Waals surface area contributed by atoms with Crippen LogP contribution in [0.3, 0.4) is 0 Å². The molecule has 5 heteroatoms. The first kappa shape index (κ1) is 26.3. The van der Waals surface area contributed by atoms with Crippen LogP contribution in [0, 0.1) is 29.1 Å². The minimum atomic E-state index is -2.24. The molecule has 3 nitrogen and oxygen atoms in total. The van der Waals surface area contributed by atoms with Gasteiger partial charge >= 0.3 is 0 Å². The van der Waals surface area contributed by atoms with Crippen molar-refractivity contribution in [3.8, 4) is 0 Å². The van der Waals surface area contributed by atoms with Gasteiger partial charge in [0.05, 0.1) is 6.10 Å². The van der Waals surface area contributed by atoms with Crippen LogP contribution < -0.4 is 0 Å². The van der Waals surface area contributed by atoms with Crippen LogP contribution in [0.25, 0.3) is 0 Å². The predicted octanol–water partition coefficient (Wildman–Crippen LogP) is 7.51. The van der Waals surface area contributed by atoms with E-state index in [-0.39, 0.29) is 11.1 Å². The number of aliphatic hydroxyl groups is 1. The molecule has 3 aliphatic rings. The molecule has 3 aliphatic carbocycles. The molecular weight excluding hydrogens is 431 g/mol. The molecule has 0 aromatic heterocycles. The molecule has 0 aromatic rings. The topological polar surface area (TPSA) is 57.5 Å². The first-order chi connectivity index (χ1) is 14.9. The van der Waals surface area contributed by atoms with E-state index in [0.29, 0.717) is 37.5 Å². The lowest BCUT2D eigenvalue weighted by Gasteiger charge is -2.44. The Bertz CT molecular complexity index is 738. The second kappa shape index (κ2) is 10.1. The van der Waals surface area contributed by atoms with Gasteiger partial charge in [0.2, 0.25) is 0 Å². The predicted molar refractivity (Wildman–Crippen MR) is 138 cm³/mol. The monoisotopic (exact) mass is 478 g/mol. The molecule has 0 aromatic carbocycles. The van der Waals surface area contributed by atoms with E-state index in [0.717, 1.165) is 31.8 Å². The van der Waals surface area contributed by atoms with Gasteiger partial charge < -0.3 is 9.90 Å². The third-order valence-electron chi connectivity index (χ3n) is 9.73. The Hall–Kier alpha value is -0.283. The highest BCUT2D eigenvalue weighted by Gasteiger charge is 2.50. The standard InChI is InChI=1S/C27H47O3PSi/c1-19(18-31-29)24-11-12-25-22(8-7-13-27(24,25)4)10-9-20-14-21(16-23(28)15-20)17-26(2,3)32(5,6)30/h9-10,19,21,23-25,28,30H,7-8,11-18H2,1-6H3/b20-9+,22-10+/t19-,21-,23-,24?,25?,27-/m1/s1. The van der Waals surface area contributed by atoms with Crippen LogP contribution in [-0.2, 0) is 4.57 Å². The highest BCUT2D eigenvalue weighted by Crippen LogP contribution is 2.59. The Balaban J connectivity index is 1.74. The summed E-state index contributed by atoms with van der Waals surface area (Å²) in [5.41, 5.74) is 3.35. The van der Waals surface area contributed by atoms with Gasteiger partial charge in [-0.25, -0.2) is 0 Å². The minimum absolute atomic E-state index is 0.0391. The van der Waals surface area contributed by atoms with Gasteiger partial charge in [0.25, 0.3) is 0 Å². The molecule has 2 unspecified atom stereocenters. The quantitative estimate of drug-likeness (QED) is 0.294. The Labute approximate surface area is 199 Å². The van der Waals surface area contributed by atoms with E-state index in [1.165, 1.54) is 37.7 Å². The summed E-state index contributed by atoms with van der Waals surface area (Å²) in [6.45, 7) is 13.3. The molecule has 0 amide bonds. The van der Waals surface area contributed by atoms with Gasteiger partial charge in [0, 0.05) is 6.16 Å². The van der Waals surface area contributed by atoms with Crippen molar-refractivity contribution in [2.75, 3.05) is 6.16 Å². The van der Waals surface area contributed by atoms with Crippen molar-refractivity contribution in [2.24, 2.45) is 29.1 Å². The minimum Gasteiger partial charge on any atom is -0.432 e. The molecule has 32 heavy (non-hydrogen) atoms. The van der Waals surface area contributed by atoms with Crippen LogP contribution in [0.1, 0.15) is 85.5 Å². The average Bonchev–Trinajstić information content (AvgIpc) is 3.02. The van der Waals surface area contributed by atoms with E-state index in [2.05, 4.69) is 39.8 Å². The van der Waals surface area contributed by atoms with E-state index in [4.69, 9.17) is 0 Å². The third kappa shape index (κ3) is 5.67. The molecule has 3 saturated carbocycles. The number of fused-ring (bicyclic) bond motifs is 1. The van der Waals surface area contributed by atoms with Gasteiger partial charge in [-0.15, -0.1) is 0 Å². The molecule has 0 radical (unpaired) electrons. The molecule has 2 N–H and O–H groups in total. The summed E-state index contributed by atoms with van der Waals surface area (Å²) in [5, 5.41) is 10.5. The maximum absolute atomic E-state index is 11.2. The molecule has 0 aliphatic heterocycles. The lowest BCUT2D eigenvalue weighted by atomic mass is 9.61. The summed E-state index contributed by atoms with van der Waals surface area (Å²) in [6.07, 6.45) is 15.3. The van der Waals surface area contributed by atoms with Crippen LogP contribution in [-0.4, -0.2) is 30.5 Å². The highest BCUT2D eigenvalue weighted by atomic mass is 31.1. The SMILES string of the molecule is C[C@H](CP=O)C1CCC2/C(=C/C=C3/C[C@@H](O)C[C@H](CC(C)(C)[Si](C)(C)O)C3)CCC[C@@]21C. The Kier molecular flexibility index (Phi) is 8.34. The van der Waals surface area contributed by atoms with Gasteiger partial charge in [-0.3, -0.25) is 4.57 Å². The van der Waals surface area contributed by atoms with Crippen LogP contribution in [0.5, 0.6) is 0 Å². The summed E-state index contributed by atoms with van der Waals surface area (Å²) < 4.78 is 11.2. The second-order valence-electron chi connectivity index (χ2n) is 12.8. The lowest BCUT2D eigenvalue weighted by molar-refractivity contribution is 0.105. The van der Waals surface area contributed by atoms with E-state index in [1.807, 2.05) is 13.1 Å². The fraction of sp³-hybridized carbons (Fsp3) is 0.852. The van der Waals surface area contributed by atoms with Gasteiger partial charge in [0.15, 0.2) is 16.8 Å². The van der Waals surface area contributed by atoms with Crippen molar-refractivity contribution in [1.82, 2.24) is 0 Å². The summed E-state index contributed by atoms with van der Waals surface area (Å²) >= 11 is 0. The van der Waals surface area contributed by atoms with E-state index in [1.54, 1.807) is 5.57 Å². The summed E-state index contributed by atoms with van der Waals surface area (Å²) in [7, 11) is -1.94. The maximum atomic E-state index is 11.2. The van der Waals surface area contributed by atoms with Crippen molar-refractivity contribution in [3.63, 3.8) is 0 Å². The first-order valence-corrected chi connectivity index (χ1v) is 16.9. The zero-order valence-corrected chi connectivity index (χ0v) is 23.3. The highest BCUT2D eigenvalue weighted by molar-refractivity contribution is 7.23. The van der Waals surface area contributed by atoms with Crippen LogP contribution >= 0.6 is 8.46 Å². The zero-order chi connectivity index (χ0) is 23.7. The van der Waals surface area contributed by atoms with Gasteiger partial charge in [-0.1, -0.05) is 51.0 Å². The number of hydrogen-bond acceptors (Lipinski definition) is 3. The van der Waals surface area contributed by atoms with Crippen molar-refractivity contribution < 1.29 is 14.5 Å². The van der Waals surface area contributed by atoms with Gasteiger partial charge in [0.1, 0.15) is 0 Å². The normalized spacial score (nSPS) is 37.8. The first-order valence-electron chi connectivity index (χ1n) is 13.0. The Morgan fingerprint density at radius 1 is 1.25 bits per heavy atom. The number of aliphatic hydroxyl groups excluding tert-OH is 1. The van der Waals surface area contributed by atoms with Crippen LogP contribution in [0.4, 0.5) is 0 Å². The number of hydrogen-bond donors (Lipinski definition) is 2. The molecular formula is C27H47O3PSi. The smallest absolute Gasteiger partial charge is 0.188 e. The Morgan fingerprint density at radius 2 is 1.97 bits per heavy atom. The van der Waals surface area contributed by atoms with Gasteiger partial charge in [-0.2, -0.15) is 0 Å².